The van der Waals surface area contributed by atoms with Crippen molar-refractivity contribution in [1.29, 1.82) is 0 Å². The first-order valence-electron chi connectivity index (χ1n) is 3.67. The van der Waals surface area contributed by atoms with Crippen LogP contribution >= 0.6 is 0 Å². The summed E-state index contributed by atoms with van der Waals surface area (Å²) in [4.78, 5) is 0. The average molecular weight is 129 g/mol. The molecule has 2 heteroatoms. The molecule has 9 heavy (non-hydrogen) atoms. The van der Waals surface area contributed by atoms with Crippen molar-refractivity contribution in [2.75, 3.05) is 13.6 Å². The van der Waals surface area contributed by atoms with E-state index in [1.165, 1.54) is 12.8 Å². The average Bonchev–Trinajstić information content (AvgIpc) is 2.63. The van der Waals surface area contributed by atoms with Crippen LogP contribution in [0, 0.1) is 5.92 Å². The van der Waals surface area contributed by atoms with E-state index in [0.29, 0.717) is 5.92 Å². The molecule has 1 fully saturated rings. The van der Waals surface area contributed by atoms with Crippen LogP contribution in [0.3, 0.4) is 0 Å². The van der Waals surface area contributed by atoms with E-state index in [2.05, 4.69) is 5.32 Å². The van der Waals surface area contributed by atoms with Crippen molar-refractivity contribution >= 4 is 0 Å². The molecular weight excluding hydrogens is 114 g/mol. The quantitative estimate of drug-likeness (QED) is 0.574. The van der Waals surface area contributed by atoms with Crippen molar-refractivity contribution in [2.45, 2.75) is 25.4 Å². The van der Waals surface area contributed by atoms with Gasteiger partial charge in [0.25, 0.3) is 0 Å². The van der Waals surface area contributed by atoms with Gasteiger partial charge in [0, 0.05) is 0 Å². The minimum atomic E-state index is -0.0301. The lowest BCUT2D eigenvalue weighted by atomic mass is 10.2. The van der Waals surface area contributed by atoms with Crippen molar-refractivity contribution < 1.29 is 5.11 Å². The Balaban J connectivity index is 1.96. The van der Waals surface area contributed by atoms with Crippen LogP contribution in [0.25, 0.3) is 0 Å². The van der Waals surface area contributed by atoms with Crippen LogP contribution in [-0.4, -0.2) is 24.8 Å². The molecule has 0 aromatic heterocycles. The Bertz CT molecular complexity index is 81.0. The summed E-state index contributed by atoms with van der Waals surface area (Å²) in [5.74, 6) is 0.637. The molecule has 0 amide bonds. The lowest BCUT2D eigenvalue weighted by Gasteiger charge is -2.06. The first-order valence-corrected chi connectivity index (χ1v) is 3.67. The highest BCUT2D eigenvalue weighted by atomic mass is 16.3. The third-order valence-electron chi connectivity index (χ3n) is 1.86. The van der Waals surface area contributed by atoms with Crippen LogP contribution in [0.1, 0.15) is 19.3 Å². The van der Waals surface area contributed by atoms with Gasteiger partial charge in [-0.05, 0) is 38.8 Å². The molecule has 0 spiro atoms. The third-order valence-corrected chi connectivity index (χ3v) is 1.86. The largest absolute Gasteiger partial charge is 0.393 e. The Hall–Kier alpha value is -0.0800. The fraction of sp³-hybridized carbons (Fsp3) is 1.00. The number of hydrogen-bond donors (Lipinski definition) is 2. The number of nitrogens with one attached hydrogen (secondary N) is 1. The van der Waals surface area contributed by atoms with E-state index in [-0.39, 0.29) is 6.10 Å². The van der Waals surface area contributed by atoms with Crippen molar-refractivity contribution in [3.8, 4) is 0 Å². The SMILES string of the molecule is CNCC[C@H](O)C1CC1. The first kappa shape index (κ1) is 7.03. The van der Waals surface area contributed by atoms with E-state index in [1.807, 2.05) is 7.05 Å². The summed E-state index contributed by atoms with van der Waals surface area (Å²) in [6.07, 6.45) is 3.37. The Labute approximate surface area is 56.3 Å². The van der Waals surface area contributed by atoms with E-state index >= 15 is 0 Å². The predicted octanol–water partition coefficient (Wildman–Crippen LogP) is 0.367. The highest BCUT2D eigenvalue weighted by Crippen LogP contribution is 2.33. The summed E-state index contributed by atoms with van der Waals surface area (Å²) < 4.78 is 0. The third kappa shape index (κ3) is 2.33. The summed E-state index contributed by atoms with van der Waals surface area (Å²) in [5.41, 5.74) is 0. The molecule has 1 rings (SSSR count). The number of aliphatic hydroxyl groups is 1. The zero-order valence-corrected chi connectivity index (χ0v) is 5.93. The Kier molecular flexibility index (Phi) is 2.49. The number of hydrogen-bond acceptors (Lipinski definition) is 2. The first-order chi connectivity index (χ1) is 4.34. The molecular formula is C7H15NO. The maximum absolute atomic E-state index is 9.28. The second-order valence-electron chi connectivity index (χ2n) is 2.80. The Morgan fingerprint density at radius 1 is 1.67 bits per heavy atom. The second-order valence-corrected chi connectivity index (χ2v) is 2.80. The predicted molar refractivity (Wildman–Crippen MR) is 37.3 cm³/mol. The minimum absolute atomic E-state index is 0.0301. The van der Waals surface area contributed by atoms with Gasteiger partial charge in [0.2, 0.25) is 0 Å². The molecule has 0 aromatic rings. The lowest BCUT2D eigenvalue weighted by molar-refractivity contribution is 0.142. The van der Waals surface area contributed by atoms with Gasteiger partial charge >= 0.3 is 0 Å². The molecule has 2 nitrogen and oxygen atoms in total. The molecule has 1 aliphatic carbocycles. The molecule has 2 N–H and O–H groups in total. The van der Waals surface area contributed by atoms with Gasteiger partial charge in [-0.3, -0.25) is 0 Å². The molecule has 0 saturated heterocycles. The van der Waals surface area contributed by atoms with Crippen molar-refractivity contribution in [1.82, 2.24) is 5.32 Å². The van der Waals surface area contributed by atoms with Gasteiger partial charge in [-0.15, -0.1) is 0 Å². The molecule has 0 heterocycles. The number of aliphatic hydroxyl groups excluding tert-OH is 1. The second kappa shape index (κ2) is 3.18. The van der Waals surface area contributed by atoms with Gasteiger partial charge < -0.3 is 10.4 Å². The smallest absolute Gasteiger partial charge is 0.0580 e. The Morgan fingerprint density at radius 2 is 2.33 bits per heavy atom. The summed E-state index contributed by atoms with van der Waals surface area (Å²) in [6.45, 7) is 0.942. The summed E-state index contributed by atoms with van der Waals surface area (Å²) in [6, 6.07) is 0. The van der Waals surface area contributed by atoms with Gasteiger partial charge in [-0.1, -0.05) is 0 Å². The van der Waals surface area contributed by atoms with Crippen LogP contribution in [0.2, 0.25) is 0 Å². The minimum Gasteiger partial charge on any atom is -0.393 e. The maximum Gasteiger partial charge on any atom is 0.0580 e. The molecule has 54 valence electrons. The van der Waals surface area contributed by atoms with E-state index in [9.17, 15) is 5.11 Å². The molecule has 0 aliphatic heterocycles. The molecule has 0 aromatic carbocycles. The van der Waals surface area contributed by atoms with Crippen LogP contribution in [0.5, 0.6) is 0 Å². The van der Waals surface area contributed by atoms with E-state index in [4.69, 9.17) is 0 Å². The van der Waals surface area contributed by atoms with Crippen molar-refractivity contribution in [3.63, 3.8) is 0 Å². The normalized spacial score (nSPS) is 22.0. The topological polar surface area (TPSA) is 32.3 Å². The van der Waals surface area contributed by atoms with E-state index in [0.717, 1.165) is 13.0 Å². The fourth-order valence-corrected chi connectivity index (χ4v) is 1.01. The summed E-state index contributed by atoms with van der Waals surface area (Å²) >= 11 is 0. The highest BCUT2D eigenvalue weighted by molar-refractivity contribution is 4.80. The van der Waals surface area contributed by atoms with Crippen molar-refractivity contribution in [2.24, 2.45) is 5.92 Å². The monoisotopic (exact) mass is 129 g/mol. The van der Waals surface area contributed by atoms with Gasteiger partial charge in [-0.25, -0.2) is 0 Å². The molecule has 1 saturated carbocycles. The van der Waals surface area contributed by atoms with Crippen LogP contribution < -0.4 is 5.32 Å². The molecule has 0 bridgehead atoms. The summed E-state index contributed by atoms with van der Waals surface area (Å²) in [5, 5.41) is 12.3. The summed E-state index contributed by atoms with van der Waals surface area (Å²) in [7, 11) is 1.92. The van der Waals surface area contributed by atoms with Gasteiger partial charge in [0.1, 0.15) is 0 Å². The van der Waals surface area contributed by atoms with Crippen LogP contribution in [0.15, 0.2) is 0 Å². The maximum atomic E-state index is 9.28. The van der Waals surface area contributed by atoms with Crippen molar-refractivity contribution in [3.05, 3.63) is 0 Å². The van der Waals surface area contributed by atoms with E-state index < -0.39 is 0 Å². The molecule has 1 aliphatic rings. The van der Waals surface area contributed by atoms with Gasteiger partial charge in [-0.2, -0.15) is 0 Å². The molecule has 0 radical (unpaired) electrons. The Morgan fingerprint density at radius 3 is 2.78 bits per heavy atom. The van der Waals surface area contributed by atoms with Crippen LogP contribution in [-0.2, 0) is 0 Å². The zero-order chi connectivity index (χ0) is 6.69. The van der Waals surface area contributed by atoms with Gasteiger partial charge in [0.05, 0.1) is 6.10 Å². The highest BCUT2D eigenvalue weighted by Gasteiger charge is 2.28. The number of rotatable bonds is 4. The van der Waals surface area contributed by atoms with E-state index in [1.54, 1.807) is 0 Å². The zero-order valence-electron chi connectivity index (χ0n) is 5.93. The molecule has 1 atom stereocenters. The fourth-order valence-electron chi connectivity index (χ4n) is 1.01. The lowest BCUT2D eigenvalue weighted by Crippen LogP contribution is -2.17. The standard InChI is InChI=1S/C7H15NO/c1-8-5-4-7(9)6-2-3-6/h6-9H,2-5H2,1H3/t7-/m0/s1. The van der Waals surface area contributed by atoms with Crippen LogP contribution in [0.4, 0.5) is 0 Å². The van der Waals surface area contributed by atoms with Gasteiger partial charge in [0.15, 0.2) is 0 Å². The molecule has 0 unspecified atom stereocenters.